The molecule has 0 fully saturated rings. The van der Waals surface area contributed by atoms with Crippen molar-refractivity contribution in [3.8, 4) is 5.75 Å². The topological polar surface area (TPSA) is 45.7 Å². The van der Waals surface area contributed by atoms with E-state index in [0.717, 1.165) is 35.5 Å². The summed E-state index contributed by atoms with van der Waals surface area (Å²) in [7, 11) is 1.62. The molecule has 5 nitrogen and oxygen atoms in total. The van der Waals surface area contributed by atoms with Gasteiger partial charge in [0.2, 0.25) is 5.91 Å². The lowest BCUT2D eigenvalue weighted by molar-refractivity contribution is -0.119. The Morgan fingerprint density at radius 3 is 2.09 bits per heavy atom. The van der Waals surface area contributed by atoms with Crippen molar-refractivity contribution in [2.45, 2.75) is 19.8 Å². The van der Waals surface area contributed by atoms with E-state index in [0.29, 0.717) is 28.0 Å². The molecule has 0 radical (unpaired) electrons. The van der Waals surface area contributed by atoms with Crippen molar-refractivity contribution in [3.63, 3.8) is 0 Å². The van der Waals surface area contributed by atoms with E-state index < -0.39 is 5.92 Å². The maximum absolute atomic E-state index is 14.4. The minimum Gasteiger partial charge on any atom is -0.494 e. The fraction of sp³-hybridized carbons (Fsp3) is 0.286. The number of ether oxygens (including phenoxy) is 1. The number of amides is 1. The zero-order chi connectivity index (χ0) is 24.8. The molecule has 1 aromatic heterocycles. The normalized spacial score (nSPS) is 11.4. The number of nitrogens with zero attached hydrogens (tertiary/aromatic N) is 3. The Morgan fingerprint density at radius 2 is 1.54 bits per heavy atom. The number of hydrogen-bond donors (Lipinski definition) is 0. The molecule has 35 heavy (non-hydrogen) atoms. The lowest BCUT2D eigenvalue weighted by Crippen LogP contribution is -2.41. The molecule has 0 N–H and O–H groups in total. The van der Waals surface area contributed by atoms with E-state index in [1.54, 1.807) is 7.11 Å². The van der Waals surface area contributed by atoms with Crippen LogP contribution < -0.4 is 9.64 Å². The highest BCUT2D eigenvalue weighted by Crippen LogP contribution is 2.40. The van der Waals surface area contributed by atoms with Gasteiger partial charge >= 0.3 is 0 Å². The summed E-state index contributed by atoms with van der Waals surface area (Å²) in [5.41, 5.74) is 2.58. The molecule has 0 aliphatic carbocycles. The summed E-state index contributed by atoms with van der Waals surface area (Å²) < 4.78 is 6.35. The van der Waals surface area contributed by atoms with Crippen LogP contribution in [0.3, 0.4) is 0 Å². The van der Waals surface area contributed by atoms with E-state index in [1.807, 2.05) is 77.7 Å². The fourth-order valence-corrected chi connectivity index (χ4v) is 5.51. The molecule has 7 heteroatoms. The first-order chi connectivity index (χ1) is 17.1. The molecule has 0 atom stereocenters. The van der Waals surface area contributed by atoms with Crippen LogP contribution in [0.5, 0.6) is 5.75 Å². The number of methoxy groups -OCH3 is 1. The molecule has 182 valence electrons. The van der Waals surface area contributed by atoms with Crippen LogP contribution in [0, 0.1) is 0 Å². The van der Waals surface area contributed by atoms with E-state index >= 15 is 0 Å². The fourth-order valence-electron chi connectivity index (χ4n) is 4.23. The average molecular weight is 508 g/mol. The molecule has 0 unspecified atom stereocenters. The van der Waals surface area contributed by atoms with Crippen molar-refractivity contribution in [1.29, 1.82) is 0 Å². The predicted molar refractivity (Wildman–Crippen MR) is 146 cm³/mol. The van der Waals surface area contributed by atoms with Gasteiger partial charge in [-0.1, -0.05) is 97.4 Å². The smallest absolute Gasteiger partial charge is 0.240 e. The van der Waals surface area contributed by atoms with E-state index in [2.05, 4.69) is 18.7 Å². The van der Waals surface area contributed by atoms with Crippen LogP contribution in [-0.4, -0.2) is 49.1 Å². The number of halogens is 1. The summed E-state index contributed by atoms with van der Waals surface area (Å²) in [6, 6.07) is 23.5. The molecule has 0 bridgehead atoms. The van der Waals surface area contributed by atoms with Gasteiger partial charge in [0.25, 0.3) is 0 Å². The van der Waals surface area contributed by atoms with Crippen molar-refractivity contribution < 1.29 is 9.53 Å². The molecule has 0 saturated carbocycles. The van der Waals surface area contributed by atoms with Crippen molar-refractivity contribution in [2.24, 2.45) is 0 Å². The van der Waals surface area contributed by atoms with Gasteiger partial charge in [0.15, 0.2) is 5.13 Å². The molecular weight excluding hydrogens is 478 g/mol. The Hall–Kier alpha value is -2.93. The minimum absolute atomic E-state index is 0.0105. The second kappa shape index (κ2) is 11.7. The van der Waals surface area contributed by atoms with Gasteiger partial charge in [-0.25, -0.2) is 4.98 Å². The number of anilines is 1. The largest absolute Gasteiger partial charge is 0.494 e. The molecule has 0 saturated heterocycles. The van der Waals surface area contributed by atoms with Crippen LogP contribution in [0.1, 0.15) is 30.9 Å². The Balaban J connectivity index is 1.82. The number of fused-ring (bicyclic) bond motifs is 1. The summed E-state index contributed by atoms with van der Waals surface area (Å²) in [4.78, 5) is 23.4. The standard InChI is InChI=1S/C28H30ClN3O2S/c1-4-31(5-2)18-19-32(28-30-25-23(34-3)17-16-22(29)26(25)35-28)27(33)24(20-12-8-6-9-13-20)21-14-10-7-11-15-21/h6-17,24H,4-5,18-19H2,1-3H3. The monoisotopic (exact) mass is 507 g/mol. The highest BCUT2D eigenvalue weighted by molar-refractivity contribution is 7.23. The van der Waals surface area contributed by atoms with Gasteiger partial charge < -0.3 is 9.64 Å². The molecule has 4 rings (SSSR count). The van der Waals surface area contributed by atoms with E-state index in [-0.39, 0.29) is 5.91 Å². The van der Waals surface area contributed by atoms with Gasteiger partial charge in [0.05, 0.1) is 22.8 Å². The SMILES string of the molecule is CCN(CC)CCN(C(=O)C(c1ccccc1)c1ccccc1)c1nc2c(OC)ccc(Cl)c2s1. The Morgan fingerprint density at radius 1 is 0.943 bits per heavy atom. The van der Waals surface area contributed by atoms with E-state index in [4.69, 9.17) is 21.3 Å². The first kappa shape index (κ1) is 25.2. The lowest BCUT2D eigenvalue weighted by atomic mass is 9.90. The first-order valence-corrected chi connectivity index (χ1v) is 13.0. The Bertz CT molecular complexity index is 1220. The van der Waals surface area contributed by atoms with Crippen molar-refractivity contribution in [2.75, 3.05) is 38.2 Å². The van der Waals surface area contributed by atoms with Gasteiger partial charge in [0, 0.05) is 13.1 Å². The number of carbonyl (C=O) groups excluding carboxylic acids is 1. The minimum atomic E-state index is -0.446. The molecule has 0 spiro atoms. The van der Waals surface area contributed by atoms with E-state index in [9.17, 15) is 4.79 Å². The zero-order valence-electron chi connectivity index (χ0n) is 20.3. The van der Waals surface area contributed by atoms with Gasteiger partial charge in [-0.3, -0.25) is 9.69 Å². The Kier molecular flexibility index (Phi) is 8.39. The van der Waals surface area contributed by atoms with Gasteiger partial charge in [0.1, 0.15) is 11.3 Å². The average Bonchev–Trinajstić information content (AvgIpc) is 3.34. The second-order valence-corrected chi connectivity index (χ2v) is 9.58. The number of aromatic nitrogens is 1. The molecule has 3 aromatic carbocycles. The quantitative estimate of drug-likeness (QED) is 0.247. The van der Waals surface area contributed by atoms with Crippen molar-refractivity contribution >= 4 is 44.2 Å². The highest BCUT2D eigenvalue weighted by Gasteiger charge is 2.31. The number of thiazole rings is 1. The maximum Gasteiger partial charge on any atom is 0.240 e. The number of benzene rings is 3. The second-order valence-electron chi connectivity index (χ2n) is 8.19. The summed E-state index contributed by atoms with van der Waals surface area (Å²) in [5, 5.41) is 1.23. The number of likely N-dealkylation sites (N-methyl/N-ethyl adjacent to an activating group) is 1. The maximum atomic E-state index is 14.4. The van der Waals surface area contributed by atoms with Crippen LogP contribution in [0.2, 0.25) is 5.02 Å². The Labute approximate surface area is 215 Å². The van der Waals surface area contributed by atoms with Crippen LogP contribution in [0.4, 0.5) is 5.13 Å². The molecule has 0 aliphatic heterocycles. The third-order valence-corrected chi connectivity index (χ3v) is 7.75. The highest BCUT2D eigenvalue weighted by atomic mass is 35.5. The van der Waals surface area contributed by atoms with Crippen LogP contribution in [-0.2, 0) is 4.79 Å². The third-order valence-electron chi connectivity index (χ3n) is 6.21. The third kappa shape index (κ3) is 5.50. The molecule has 4 aromatic rings. The van der Waals surface area contributed by atoms with E-state index in [1.165, 1.54) is 11.3 Å². The zero-order valence-corrected chi connectivity index (χ0v) is 21.9. The molecule has 1 heterocycles. The molecule has 1 amide bonds. The summed E-state index contributed by atoms with van der Waals surface area (Å²) in [5.74, 6) is 0.188. The number of hydrogen-bond acceptors (Lipinski definition) is 5. The number of rotatable bonds is 10. The van der Waals surface area contributed by atoms with Crippen LogP contribution in [0.15, 0.2) is 72.8 Å². The summed E-state index contributed by atoms with van der Waals surface area (Å²) >= 11 is 7.94. The van der Waals surface area contributed by atoms with Gasteiger partial charge in [-0.15, -0.1) is 0 Å². The summed E-state index contributed by atoms with van der Waals surface area (Å²) in [6.45, 7) is 7.37. The lowest BCUT2D eigenvalue weighted by Gasteiger charge is -2.28. The first-order valence-electron chi connectivity index (χ1n) is 11.8. The molecular formula is C28H30ClN3O2S. The van der Waals surface area contributed by atoms with Crippen LogP contribution in [0.25, 0.3) is 10.2 Å². The molecule has 0 aliphatic rings. The van der Waals surface area contributed by atoms with Crippen molar-refractivity contribution in [3.05, 3.63) is 88.9 Å². The van der Waals surface area contributed by atoms with Crippen molar-refractivity contribution in [1.82, 2.24) is 9.88 Å². The van der Waals surface area contributed by atoms with Gasteiger partial charge in [-0.2, -0.15) is 0 Å². The van der Waals surface area contributed by atoms with Gasteiger partial charge in [-0.05, 0) is 36.3 Å². The predicted octanol–water partition coefficient (Wildman–Crippen LogP) is 6.47. The number of carbonyl (C=O) groups is 1. The van der Waals surface area contributed by atoms with Crippen LogP contribution >= 0.6 is 22.9 Å². The summed E-state index contributed by atoms with van der Waals surface area (Å²) in [6.07, 6.45) is 0.